The number of hydrogen-bond donors (Lipinski definition) is 1. The van der Waals surface area contributed by atoms with Crippen molar-refractivity contribution in [3.8, 4) is 17.2 Å². The van der Waals surface area contributed by atoms with Gasteiger partial charge in [0.15, 0.2) is 11.5 Å². The molecular weight excluding hydrogens is 363 g/mol. The van der Waals surface area contributed by atoms with Crippen molar-refractivity contribution in [2.24, 2.45) is 0 Å². The highest BCUT2D eigenvalue weighted by molar-refractivity contribution is 9.10. The zero-order valence-electron chi connectivity index (χ0n) is 12.7. The lowest BCUT2D eigenvalue weighted by atomic mass is 10.0. The van der Waals surface area contributed by atoms with E-state index in [1.54, 1.807) is 0 Å². The van der Waals surface area contributed by atoms with Gasteiger partial charge in [-0.3, -0.25) is 0 Å². The molecular formula is C14H18BrFO6. The summed E-state index contributed by atoms with van der Waals surface area (Å²) in [5, 5.41) is 10.2. The fraction of sp³-hybridized carbons (Fsp3) is 0.500. The Labute approximate surface area is 136 Å². The summed E-state index contributed by atoms with van der Waals surface area (Å²) in [4.78, 5) is 11.6. The van der Waals surface area contributed by atoms with Crippen LogP contribution < -0.4 is 14.2 Å². The molecule has 0 unspecified atom stereocenters. The molecule has 1 aromatic rings. The molecule has 8 heteroatoms. The molecule has 0 aliphatic rings. The van der Waals surface area contributed by atoms with E-state index in [2.05, 4.69) is 20.7 Å². The van der Waals surface area contributed by atoms with Crippen LogP contribution in [0.2, 0.25) is 0 Å². The lowest BCUT2D eigenvalue weighted by Crippen LogP contribution is -2.35. The van der Waals surface area contributed by atoms with Crippen LogP contribution in [0.1, 0.15) is 18.6 Å². The minimum atomic E-state index is -2.80. The number of esters is 1. The first-order valence-electron chi connectivity index (χ1n) is 6.36. The van der Waals surface area contributed by atoms with Gasteiger partial charge in [-0.2, -0.15) is 0 Å². The molecule has 0 aliphatic heterocycles. The zero-order chi connectivity index (χ0) is 16.9. The van der Waals surface area contributed by atoms with Gasteiger partial charge in [0, 0.05) is 0 Å². The fourth-order valence-electron chi connectivity index (χ4n) is 1.81. The first kappa shape index (κ1) is 18.5. The number of ether oxygens (including phenoxy) is 4. The highest BCUT2D eigenvalue weighted by Crippen LogP contribution is 2.44. The molecule has 0 radical (unpaired) electrons. The molecule has 1 aromatic carbocycles. The Morgan fingerprint density at radius 3 is 2.14 bits per heavy atom. The van der Waals surface area contributed by atoms with Crippen LogP contribution in [0.4, 0.5) is 4.39 Å². The van der Waals surface area contributed by atoms with Crippen molar-refractivity contribution < 1.29 is 33.2 Å². The largest absolute Gasteiger partial charge is 0.493 e. The average Bonchev–Trinajstić information content (AvgIpc) is 2.52. The third-order valence-corrected chi connectivity index (χ3v) is 3.65. The number of benzene rings is 1. The fourth-order valence-corrected chi connectivity index (χ4v) is 2.19. The third kappa shape index (κ3) is 3.61. The molecule has 0 heterocycles. The number of alkyl halides is 2. The number of rotatable bonds is 7. The maximum Gasteiger partial charge on any atom is 0.358 e. The predicted molar refractivity (Wildman–Crippen MR) is 80.5 cm³/mol. The summed E-state index contributed by atoms with van der Waals surface area (Å²) in [7, 11) is 4.18. The molecule has 0 saturated carbocycles. The summed E-state index contributed by atoms with van der Waals surface area (Å²) in [5.74, 6) is -0.488. The molecule has 2 atom stereocenters. The molecule has 0 fully saturated rings. The van der Waals surface area contributed by atoms with Crippen LogP contribution in [0, 0.1) is 0 Å². The van der Waals surface area contributed by atoms with E-state index in [9.17, 15) is 14.3 Å². The quantitative estimate of drug-likeness (QED) is 0.578. The first-order chi connectivity index (χ1) is 10.3. The van der Waals surface area contributed by atoms with Gasteiger partial charge in [-0.25, -0.2) is 9.18 Å². The van der Waals surface area contributed by atoms with Crippen molar-refractivity contribution in [1.29, 1.82) is 0 Å². The van der Waals surface area contributed by atoms with Gasteiger partial charge in [-0.15, -0.1) is 0 Å². The van der Waals surface area contributed by atoms with Crippen LogP contribution >= 0.6 is 15.9 Å². The van der Waals surface area contributed by atoms with E-state index in [0.717, 1.165) is 0 Å². The smallest absolute Gasteiger partial charge is 0.358 e. The molecule has 1 N–H and O–H groups in total. The van der Waals surface area contributed by atoms with Gasteiger partial charge in [0.2, 0.25) is 5.75 Å². The molecule has 0 amide bonds. The predicted octanol–water partition coefficient (Wildman–Crippen LogP) is 2.37. The van der Waals surface area contributed by atoms with Gasteiger partial charge in [-0.05, 0) is 40.5 Å². The average molecular weight is 381 g/mol. The number of hydrogen-bond acceptors (Lipinski definition) is 6. The van der Waals surface area contributed by atoms with E-state index in [-0.39, 0.29) is 29.4 Å². The van der Waals surface area contributed by atoms with Crippen molar-refractivity contribution in [3.63, 3.8) is 0 Å². The van der Waals surface area contributed by atoms with E-state index >= 15 is 0 Å². The highest BCUT2D eigenvalue weighted by atomic mass is 79.9. The van der Waals surface area contributed by atoms with E-state index in [4.69, 9.17) is 14.2 Å². The Kier molecular flexibility index (Phi) is 6.43. The Bertz CT molecular complexity index is 509. The Morgan fingerprint density at radius 1 is 1.27 bits per heavy atom. The van der Waals surface area contributed by atoms with Crippen molar-refractivity contribution in [2.45, 2.75) is 17.6 Å². The minimum Gasteiger partial charge on any atom is -0.493 e. The van der Waals surface area contributed by atoms with Crippen LogP contribution in [0.5, 0.6) is 17.2 Å². The van der Waals surface area contributed by atoms with Gasteiger partial charge < -0.3 is 24.1 Å². The summed E-state index contributed by atoms with van der Waals surface area (Å²) >= 11 is 2.58. The van der Waals surface area contributed by atoms with Gasteiger partial charge in [0.25, 0.3) is 4.58 Å². The number of carbonyl (C=O) groups excluding carboxylic acids is 1. The number of carbonyl (C=O) groups is 1. The summed E-state index contributed by atoms with van der Waals surface area (Å²) in [6.45, 7) is 1.52. The van der Waals surface area contributed by atoms with Crippen LogP contribution in [0.3, 0.4) is 0 Å². The summed E-state index contributed by atoms with van der Waals surface area (Å²) in [6, 6.07) is 2.70. The molecule has 0 saturated heterocycles. The zero-order valence-corrected chi connectivity index (χ0v) is 14.3. The molecule has 22 heavy (non-hydrogen) atoms. The van der Waals surface area contributed by atoms with E-state index in [1.165, 1.54) is 40.4 Å². The molecule has 0 bridgehead atoms. The monoisotopic (exact) mass is 380 g/mol. The van der Waals surface area contributed by atoms with Crippen LogP contribution in [0.15, 0.2) is 12.1 Å². The Balaban J connectivity index is 3.28. The molecule has 0 spiro atoms. The topological polar surface area (TPSA) is 74.2 Å². The molecule has 124 valence electrons. The maximum atomic E-state index is 14.5. The van der Waals surface area contributed by atoms with Crippen molar-refractivity contribution >= 4 is 21.9 Å². The SMILES string of the molecule is CCOC(=O)[C@@](F)(Br)[C@H](O)c1cc(OC)c(OC)c(OC)c1. The second kappa shape index (κ2) is 7.64. The van der Waals surface area contributed by atoms with Crippen molar-refractivity contribution in [3.05, 3.63) is 17.7 Å². The van der Waals surface area contributed by atoms with Crippen LogP contribution in [-0.2, 0) is 9.53 Å². The van der Waals surface area contributed by atoms with Gasteiger partial charge in [0.05, 0.1) is 27.9 Å². The number of halogens is 2. The minimum absolute atomic E-state index is 0.0158. The second-order valence-electron chi connectivity index (χ2n) is 4.20. The number of methoxy groups -OCH3 is 3. The van der Waals surface area contributed by atoms with E-state index < -0.39 is 16.7 Å². The van der Waals surface area contributed by atoms with Gasteiger partial charge in [-0.1, -0.05) is 0 Å². The Morgan fingerprint density at radius 2 is 1.77 bits per heavy atom. The normalized spacial score (nSPS) is 14.7. The number of aliphatic hydroxyl groups excluding tert-OH is 1. The summed E-state index contributed by atoms with van der Waals surface area (Å²) in [6.07, 6.45) is -1.83. The van der Waals surface area contributed by atoms with E-state index in [0.29, 0.717) is 0 Å². The molecule has 0 aromatic heterocycles. The molecule has 6 nitrogen and oxygen atoms in total. The summed E-state index contributed by atoms with van der Waals surface area (Å²) < 4.78 is 31.7. The van der Waals surface area contributed by atoms with Gasteiger partial charge in [0.1, 0.15) is 6.10 Å². The van der Waals surface area contributed by atoms with Gasteiger partial charge >= 0.3 is 5.97 Å². The molecule has 0 aliphatic carbocycles. The third-order valence-electron chi connectivity index (χ3n) is 2.89. The number of aliphatic hydroxyl groups is 1. The van der Waals surface area contributed by atoms with Crippen LogP contribution in [0.25, 0.3) is 0 Å². The summed E-state index contributed by atoms with van der Waals surface area (Å²) in [5.41, 5.74) is 0.0573. The first-order valence-corrected chi connectivity index (χ1v) is 7.15. The lowest BCUT2D eigenvalue weighted by Gasteiger charge is -2.24. The van der Waals surface area contributed by atoms with Crippen molar-refractivity contribution in [2.75, 3.05) is 27.9 Å². The highest BCUT2D eigenvalue weighted by Gasteiger charge is 2.46. The maximum absolute atomic E-state index is 14.5. The van der Waals surface area contributed by atoms with Crippen molar-refractivity contribution in [1.82, 2.24) is 0 Å². The molecule has 1 rings (SSSR count). The van der Waals surface area contributed by atoms with Crippen LogP contribution in [-0.4, -0.2) is 43.6 Å². The lowest BCUT2D eigenvalue weighted by molar-refractivity contribution is -0.156. The standard InChI is InChI=1S/C14H18BrFO6/c1-5-22-13(18)14(15,16)12(17)8-6-9(19-2)11(21-4)10(7-8)20-3/h6-7,12,17H,5H2,1-4H3/t12-,14-/m1/s1. The Hall–Kier alpha value is -1.54. The van der Waals surface area contributed by atoms with E-state index in [1.807, 2.05) is 0 Å². The second-order valence-corrected chi connectivity index (χ2v) is 5.36.